The van der Waals surface area contributed by atoms with Crippen molar-refractivity contribution in [2.75, 3.05) is 39.0 Å². The number of likely N-dealkylation sites (N-methyl/N-ethyl adjacent to an activating group) is 1. The Morgan fingerprint density at radius 1 is 1.15 bits per heavy atom. The van der Waals surface area contributed by atoms with Crippen LogP contribution < -0.4 is 11.1 Å². The summed E-state index contributed by atoms with van der Waals surface area (Å²) < 4.78 is 0. The topological polar surface area (TPSA) is 214 Å². The van der Waals surface area contributed by atoms with Gasteiger partial charge in [-0.05, 0) is 58.8 Å². The van der Waals surface area contributed by atoms with E-state index in [2.05, 4.69) is 5.32 Å². The minimum absolute atomic E-state index is 0.0596. The van der Waals surface area contributed by atoms with Gasteiger partial charge in [-0.3, -0.25) is 29.0 Å². The molecule has 1 saturated heterocycles. The fourth-order valence-electron chi connectivity index (χ4n) is 6.72. The average molecular weight is 557 g/mol. The van der Waals surface area contributed by atoms with Gasteiger partial charge in [0.2, 0.25) is 11.7 Å². The Bertz CT molecular complexity index is 1410. The van der Waals surface area contributed by atoms with Gasteiger partial charge in [0.25, 0.3) is 5.91 Å². The van der Waals surface area contributed by atoms with Crippen LogP contribution in [0.5, 0.6) is 11.5 Å². The highest BCUT2D eigenvalue weighted by atomic mass is 16.3. The number of aliphatic hydroxyl groups is 3. The van der Waals surface area contributed by atoms with Crippen LogP contribution in [0.3, 0.4) is 0 Å². The summed E-state index contributed by atoms with van der Waals surface area (Å²) in [6.07, 6.45) is 1.78. The minimum Gasteiger partial charge on any atom is -0.508 e. The molecule has 4 aliphatic rings. The van der Waals surface area contributed by atoms with Crippen LogP contribution in [0.25, 0.3) is 5.76 Å². The summed E-state index contributed by atoms with van der Waals surface area (Å²) in [5, 5.41) is 58.3. The molecule has 0 bridgehead atoms. The maximum absolute atomic E-state index is 13.9. The Kier molecular flexibility index (Phi) is 6.63. The van der Waals surface area contributed by atoms with Gasteiger partial charge in [-0.25, -0.2) is 0 Å². The molecule has 13 nitrogen and oxygen atoms in total. The van der Waals surface area contributed by atoms with Crippen LogP contribution in [0.15, 0.2) is 23.0 Å². The standard InChI is InChI=1S/C27H32N4O9/c1-30(2)20-13-8-11-7-12-15(32)9-14(29-16(33)10-31-5-3-4-6-31)21(34)18(12)22(35)17(11)24(37)27(13,40)25(38)19(23(20)36)26(28)39/h9,11,13,20,32,34-35,38,40H,3-8,10H2,1-2H3,(H2,28,39)(H,29,33)/t11-,13-,20-,27-/m0/s1. The van der Waals surface area contributed by atoms with Gasteiger partial charge in [-0.1, -0.05) is 0 Å². The van der Waals surface area contributed by atoms with Crippen molar-refractivity contribution in [2.24, 2.45) is 17.6 Å². The number of phenolic OH excluding ortho intramolecular Hbond substituents is 2. The monoisotopic (exact) mass is 556 g/mol. The van der Waals surface area contributed by atoms with Crippen LogP contribution >= 0.6 is 0 Å². The summed E-state index contributed by atoms with van der Waals surface area (Å²) in [7, 11) is 3.02. The highest BCUT2D eigenvalue weighted by Crippen LogP contribution is 2.54. The molecule has 8 N–H and O–H groups in total. The number of Topliss-reactive ketones (excluding diaryl/α,β-unsaturated/α-hetero) is 2. The van der Waals surface area contributed by atoms with Crippen molar-refractivity contribution >= 4 is 34.8 Å². The first-order chi connectivity index (χ1) is 18.8. The third-order valence-electron chi connectivity index (χ3n) is 8.54. The van der Waals surface area contributed by atoms with Gasteiger partial charge in [0, 0.05) is 23.1 Å². The number of amides is 2. The number of rotatable bonds is 5. The molecule has 5 rings (SSSR count). The van der Waals surface area contributed by atoms with Gasteiger partial charge in [0.15, 0.2) is 17.1 Å². The summed E-state index contributed by atoms with van der Waals surface area (Å²) in [5.74, 6) is -8.66. The average Bonchev–Trinajstić information content (AvgIpc) is 3.37. The number of ketones is 2. The van der Waals surface area contributed by atoms with E-state index < -0.39 is 69.7 Å². The Morgan fingerprint density at radius 2 is 1.80 bits per heavy atom. The molecule has 1 aromatic rings. The van der Waals surface area contributed by atoms with Crippen molar-refractivity contribution in [2.45, 2.75) is 37.3 Å². The van der Waals surface area contributed by atoms with Crippen molar-refractivity contribution in [1.82, 2.24) is 9.80 Å². The largest absolute Gasteiger partial charge is 0.508 e. The molecule has 1 aromatic carbocycles. The van der Waals surface area contributed by atoms with Gasteiger partial charge in [0.1, 0.15) is 22.8 Å². The molecule has 0 unspecified atom stereocenters. The van der Waals surface area contributed by atoms with Gasteiger partial charge < -0.3 is 36.6 Å². The molecule has 13 heteroatoms. The number of nitrogens with one attached hydrogen (secondary N) is 1. The summed E-state index contributed by atoms with van der Waals surface area (Å²) in [6.45, 7) is 1.58. The van der Waals surface area contributed by atoms with E-state index in [1.165, 1.54) is 19.0 Å². The number of fused-ring (bicyclic) bond motifs is 3. The third kappa shape index (κ3) is 3.95. The second-order valence-corrected chi connectivity index (χ2v) is 11.1. The number of carbonyl (C=O) groups is 4. The van der Waals surface area contributed by atoms with Crippen LogP contribution in [-0.4, -0.2) is 104 Å². The fraction of sp³-hybridized carbons (Fsp3) is 0.481. The molecule has 4 atom stereocenters. The molecular weight excluding hydrogens is 524 g/mol. The molecule has 3 aliphatic carbocycles. The van der Waals surface area contributed by atoms with Gasteiger partial charge in [-0.2, -0.15) is 0 Å². The smallest absolute Gasteiger partial charge is 0.255 e. The van der Waals surface area contributed by atoms with E-state index in [0.717, 1.165) is 32.0 Å². The SMILES string of the molecule is CN(C)[C@@H]1C(=O)C(C(N)=O)=C(O)[C@@]2(O)C(=O)C3=C(O)c4c(O)c(NC(=O)CN5CCCC5)cc(O)c4C[C@H]3C[C@@H]12. The maximum atomic E-state index is 13.9. The molecule has 1 heterocycles. The lowest BCUT2D eigenvalue weighted by Gasteiger charge is -2.50. The van der Waals surface area contributed by atoms with Crippen LogP contribution in [-0.2, 0) is 25.6 Å². The first kappa shape index (κ1) is 27.6. The van der Waals surface area contributed by atoms with E-state index >= 15 is 0 Å². The first-order valence-corrected chi connectivity index (χ1v) is 13.0. The lowest BCUT2D eigenvalue weighted by molar-refractivity contribution is -0.153. The Labute approximate surface area is 229 Å². The number of likely N-dealkylation sites (tertiary alicyclic amines) is 1. The second kappa shape index (κ2) is 9.61. The quantitative estimate of drug-likeness (QED) is 0.142. The van der Waals surface area contributed by atoms with Crippen molar-refractivity contribution in [1.29, 1.82) is 0 Å². The van der Waals surface area contributed by atoms with Crippen LogP contribution in [0.2, 0.25) is 0 Å². The predicted octanol–water partition coefficient (Wildman–Crippen LogP) is -0.296. The molecular formula is C27H32N4O9. The number of aliphatic hydroxyl groups excluding tert-OH is 2. The number of nitrogens with two attached hydrogens (primary N) is 1. The van der Waals surface area contributed by atoms with Gasteiger partial charge >= 0.3 is 0 Å². The number of aromatic hydroxyl groups is 2. The zero-order chi connectivity index (χ0) is 29.3. The Balaban J connectivity index is 1.60. The van der Waals surface area contributed by atoms with E-state index in [9.17, 15) is 44.7 Å². The Morgan fingerprint density at radius 3 is 2.40 bits per heavy atom. The van der Waals surface area contributed by atoms with E-state index in [0.29, 0.717) is 0 Å². The maximum Gasteiger partial charge on any atom is 0.255 e. The van der Waals surface area contributed by atoms with Gasteiger partial charge in [0.05, 0.1) is 23.8 Å². The normalized spacial score (nSPS) is 28.4. The number of phenols is 2. The van der Waals surface area contributed by atoms with E-state index in [4.69, 9.17) is 5.73 Å². The molecule has 1 aliphatic heterocycles. The number of carbonyl (C=O) groups excluding carboxylic acids is 4. The van der Waals surface area contributed by atoms with Crippen molar-refractivity contribution in [3.63, 3.8) is 0 Å². The van der Waals surface area contributed by atoms with Crippen molar-refractivity contribution in [3.8, 4) is 11.5 Å². The number of benzene rings is 1. The number of hydrogen-bond acceptors (Lipinski definition) is 11. The predicted molar refractivity (Wildman–Crippen MR) is 140 cm³/mol. The van der Waals surface area contributed by atoms with Crippen LogP contribution in [0.4, 0.5) is 5.69 Å². The summed E-state index contributed by atoms with van der Waals surface area (Å²) >= 11 is 0. The third-order valence-corrected chi connectivity index (χ3v) is 8.54. The highest BCUT2D eigenvalue weighted by Gasteiger charge is 2.64. The molecule has 2 amide bonds. The molecule has 2 fully saturated rings. The lowest BCUT2D eigenvalue weighted by Crippen LogP contribution is -2.65. The fourth-order valence-corrected chi connectivity index (χ4v) is 6.72. The number of hydrogen-bond donors (Lipinski definition) is 7. The molecule has 40 heavy (non-hydrogen) atoms. The number of primary amides is 1. The van der Waals surface area contributed by atoms with E-state index in [-0.39, 0.29) is 47.5 Å². The molecule has 0 spiro atoms. The molecule has 0 aromatic heterocycles. The van der Waals surface area contributed by atoms with E-state index in [1.807, 2.05) is 4.90 Å². The minimum atomic E-state index is -2.76. The van der Waals surface area contributed by atoms with Crippen LogP contribution in [0, 0.1) is 11.8 Å². The molecule has 1 saturated carbocycles. The number of anilines is 1. The van der Waals surface area contributed by atoms with Crippen molar-refractivity contribution < 1.29 is 44.7 Å². The van der Waals surface area contributed by atoms with Crippen molar-refractivity contribution in [3.05, 3.63) is 34.1 Å². The first-order valence-electron chi connectivity index (χ1n) is 13.0. The number of nitrogens with zero attached hydrogens (tertiary/aromatic N) is 2. The highest BCUT2D eigenvalue weighted by molar-refractivity contribution is 6.24. The summed E-state index contributed by atoms with van der Waals surface area (Å²) in [5.41, 5.74) is 0.955. The Hall–Kier alpha value is -3.94. The summed E-state index contributed by atoms with van der Waals surface area (Å²) in [6, 6.07) is -0.0388. The zero-order valence-corrected chi connectivity index (χ0v) is 22.1. The van der Waals surface area contributed by atoms with Gasteiger partial charge in [-0.15, -0.1) is 0 Å². The molecule has 0 radical (unpaired) electrons. The van der Waals surface area contributed by atoms with Crippen LogP contribution in [0.1, 0.15) is 30.4 Å². The molecule has 214 valence electrons. The second-order valence-electron chi connectivity index (χ2n) is 11.1. The zero-order valence-electron chi connectivity index (χ0n) is 22.1. The lowest BCUT2D eigenvalue weighted by atomic mass is 9.57. The summed E-state index contributed by atoms with van der Waals surface area (Å²) in [4.78, 5) is 55.0. The van der Waals surface area contributed by atoms with E-state index in [1.54, 1.807) is 0 Å².